The van der Waals surface area contributed by atoms with Crippen LogP contribution in [-0.2, 0) is 18.0 Å². The van der Waals surface area contributed by atoms with Crippen molar-refractivity contribution >= 4 is 17.3 Å². The first-order valence-electron chi connectivity index (χ1n) is 7.77. The number of halogens is 1. The van der Waals surface area contributed by atoms with Gasteiger partial charge < -0.3 is 14.2 Å². The number of rotatable bonds is 7. The van der Waals surface area contributed by atoms with Crippen LogP contribution >= 0.6 is 11.3 Å². The second-order valence-electron chi connectivity index (χ2n) is 5.25. The lowest BCUT2D eigenvalue weighted by atomic mass is 10.2. The molecule has 0 aliphatic heterocycles. The fourth-order valence-electron chi connectivity index (χ4n) is 2.19. The van der Waals surface area contributed by atoms with Gasteiger partial charge in [-0.25, -0.2) is 14.2 Å². The van der Waals surface area contributed by atoms with Gasteiger partial charge in [0.05, 0.1) is 12.8 Å². The van der Waals surface area contributed by atoms with Crippen LogP contribution in [0.1, 0.15) is 21.1 Å². The zero-order valence-corrected chi connectivity index (χ0v) is 14.8. The largest absolute Gasteiger partial charge is 0.496 e. The van der Waals surface area contributed by atoms with Gasteiger partial charge in [0, 0.05) is 5.38 Å². The van der Waals surface area contributed by atoms with Crippen LogP contribution in [-0.4, -0.2) is 18.1 Å². The summed E-state index contributed by atoms with van der Waals surface area (Å²) >= 11 is 1.40. The number of nitrogens with zero attached hydrogens (tertiary/aromatic N) is 1. The first-order chi connectivity index (χ1) is 12.7. The van der Waals surface area contributed by atoms with Crippen LogP contribution in [0.25, 0.3) is 0 Å². The average Bonchev–Trinajstić information content (AvgIpc) is 3.13. The normalized spacial score (nSPS) is 10.4. The molecule has 0 fully saturated rings. The maximum Gasteiger partial charge on any atom is 0.342 e. The Labute approximate surface area is 154 Å². The molecule has 0 atom stereocenters. The summed E-state index contributed by atoms with van der Waals surface area (Å²) in [5.41, 5.74) is 1.00. The molecule has 1 heterocycles. The number of hydrogen-bond donors (Lipinski definition) is 0. The van der Waals surface area contributed by atoms with Crippen molar-refractivity contribution in [2.24, 2.45) is 0 Å². The van der Waals surface area contributed by atoms with Crippen LogP contribution in [0.15, 0.2) is 53.9 Å². The summed E-state index contributed by atoms with van der Waals surface area (Å²) in [6.07, 6.45) is 0. The van der Waals surface area contributed by atoms with Crippen molar-refractivity contribution in [3.8, 4) is 11.5 Å². The minimum absolute atomic E-state index is 0.0595. The van der Waals surface area contributed by atoms with Gasteiger partial charge in [0.2, 0.25) is 0 Å². The smallest absolute Gasteiger partial charge is 0.342 e. The van der Waals surface area contributed by atoms with Crippen LogP contribution in [0.5, 0.6) is 11.5 Å². The molecule has 0 N–H and O–H groups in total. The molecule has 0 amide bonds. The third-order valence-electron chi connectivity index (χ3n) is 3.45. The van der Waals surface area contributed by atoms with Gasteiger partial charge >= 0.3 is 5.97 Å². The van der Waals surface area contributed by atoms with E-state index in [1.807, 2.05) is 0 Å². The molecule has 1 aromatic heterocycles. The van der Waals surface area contributed by atoms with Crippen LogP contribution in [0.4, 0.5) is 4.39 Å². The maximum atomic E-state index is 12.9. The van der Waals surface area contributed by atoms with E-state index in [-0.39, 0.29) is 19.0 Å². The van der Waals surface area contributed by atoms with E-state index >= 15 is 0 Å². The number of esters is 1. The molecule has 0 unspecified atom stereocenters. The molecule has 0 bridgehead atoms. The van der Waals surface area contributed by atoms with E-state index in [0.29, 0.717) is 22.8 Å². The molecule has 2 aromatic carbocycles. The first-order valence-corrected chi connectivity index (χ1v) is 8.65. The minimum atomic E-state index is -0.473. The second kappa shape index (κ2) is 8.44. The number of aromatic nitrogens is 1. The molecule has 0 aliphatic rings. The summed E-state index contributed by atoms with van der Waals surface area (Å²) in [6, 6.07) is 12.6. The Bertz CT molecular complexity index is 879. The van der Waals surface area contributed by atoms with Gasteiger partial charge in [0.1, 0.15) is 41.1 Å². The number of para-hydroxylation sites is 1. The minimum Gasteiger partial charge on any atom is -0.496 e. The van der Waals surface area contributed by atoms with Crippen molar-refractivity contribution < 1.29 is 23.4 Å². The van der Waals surface area contributed by atoms with Crippen molar-refractivity contribution in [2.75, 3.05) is 7.11 Å². The maximum absolute atomic E-state index is 12.9. The number of carbonyl (C=O) groups excluding carboxylic acids is 1. The Morgan fingerprint density at radius 2 is 1.88 bits per heavy atom. The zero-order valence-electron chi connectivity index (χ0n) is 14.0. The lowest BCUT2D eigenvalue weighted by molar-refractivity contribution is 0.0464. The summed E-state index contributed by atoms with van der Waals surface area (Å²) in [4.78, 5) is 16.5. The molecule has 0 saturated carbocycles. The van der Waals surface area contributed by atoms with Crippen LogP contribution in [0.3, 0.4) is 0 Å². The highest BCUT2D eigenvalue weighted by atomic mass is 32.1. The highest BCUT2D eigenvalue weighted by molar-refractivity contribution is 7.09. The molecular formula is C19H16FNO4S. The molecular weight excluding hydrogens is 357 g/mol. The Kier molecular flexibility index (Phi) is 5.80. The molecule has 0 saturated heterocycles. The highest BCUT2D eigenvalue weighted by Crippen LogP contribution is 2.20. The summed E-state index contributed by atoms with van der Waals surface area (Å²) < 4.78 is 28.8. The Morgan fingerprint density at radius 3 is 2.65 bits per heavy atom. The van der Waals surface area contributed by atoms with E-state index in [1.165, 1.54) is 30.6 Å². The van der Waals surface area contributed by atoms with Gasteiger partial charge in [0.15, 0.2) is 0 Å². The summed E-state index contributed by atoms with van der Waals surface area (Å²) in [7, 11) is 1.50. The second-order valence-corrected chi connectivity index (χ2v) is 6.19. The number of hydrogen-bond acceptors (Lipinski definition) is 6. The van der Waals surface area contributed by atoms with Crippen molar-refractivity contribution in [1.29, 1.82) is 0 Å². The van der Waals surface area contributed by atoms with Gasteiger partial charge in [-0.15, -0.1) is 11.3 Å². The number of ether oxygens (including phenoxy) is 3. The Hall–Kier alpha value is -2.93. The third-order valence-corrected chi connectivity index (χ3v) is 4.32. The van der Waals surface area contributed by atoms with Crippen LogP contribution < -0.4 is 9.47 Å². The third kappa shape index (κ3) is 4.58. The molecule has 0 aliphatic carbocycles. The van der Waals surface area contributed by atoms with E-state index in [0.717, 1.165) is 5.01 Å². The van der Waals surface area contributed by atoms with Gasteiger partial charge in [-0.1, -0.05) is 12.1 Å². The molecule has 7 heteroatoms. The SMILES string of the molecule is COc1ccccc1C(=O)OCc1csc(COc2ccc(F)cc2)n1. The van der Waals surface area contributed by atoms with E-state index in [4.69, 9.17) is 14.2 Å². The van der Waals surface area contributed by atoms with Crippen molar-refractivity contribution in [2.45, 2.75) is 13.2 Å². The van der Waals surface area contributed by atoms with E-state index in [2.05, 4.69) is 4.98 Å². The molecule has 3 rings (SSSR count). The molecule has 5 nitrogen and oxygen atoms in total. The molecule has 26 heavy (non-hydrogen) atoms. The monoisotopic (exact) mass is 373 g/mol. The molecule has 0 radical (unpaired) electrons. The van der Waals surface area contributed by atoms with Gasteiger partial charge in [-0.05, 0) is 36.4 Å². The van der Waals surface area contributed by atoms with Crippen molar-refractivity contribution in [3.63, 3.8) is 0 Å². The predicted molar refractivity (Wildman–Crippen MR) is 95.0 cm³/mol. The van der Waals surface area contributed by atoms with Gasteiger partial charge in [-0.3, -0.25) is 0 Å². The number of methoxy groups -OCH3 is 1. The molecule has 134 valence electrons. The summed E-state index contributed by atoms with van der Waals surface area (Å²) in [5.74, 6) is 0.236. The van der Waals surface area contributed by atoms with E-state index in [9.17, 15) is 9.18 Å². The summed E-state index contributed by atoms with van der Waals surface area (Å²) in [5, 5.41) is 2.54. The van der Waals surface area contributed by atoms with Gasteiger partial charge in [-0.2, -0.15) is 0 Å². The molecule has 0 spiro atoms. The standard InChI is InChI=1S/C19H16FNO4S/c1-23-17-5-3-2-4-16(17)19(22)25-10-14-12-26-18(21-14)11-24-15-8-6-13(20)7-9-15/h2-9,12H,10-11H2,1H3. The summed E-state index contributed by atoms with van der Waals surface area (Å²) in [6.45, 7) is 0.320. The zero-order chi connectivity index (χ0) is 18.4. The fourth-order valence-corrected chi connectivity index (χ4v) is 2.88. The van der Waals surface area contributed by atoms with E-state index in [1.54, 1.807) is 41.8 Å². The van der Waals surface area contributed by atoms with Crippen LogP contribution in [0, 0.1) is 5.82 Å². The average molecular weight is 373 g/mol. The lowest BCUT2D eigenvalue weighted by Gasteiger charge is -2.07. The topological polar surface area (TPSA) is 57.7 Å². The lowest BCUT2D eigenvalue weighted by Crippen LogP contribution is -2.07. The van der Waals surface area contributed by atoms with Crippen molar-refractivity contribution in [1.82, 2.24) is 4.98 Å². The fraction of sp³-hybridized carbons (Fsp3) is 0.158. The Morgan fingerprint density at radius 1 is 1.12 bits per heavy atom. The Balaban J connectivity index is 1.53. The number of carbonyl (C=O) groups is 1. The predicted octanol–water partition coefficient (Wildman–Crippen LogP) is 4.23. The first kappa shape index (κ1) is 17.9. The quantitative estimate of drug-likeness (QED) is 0.580. The number of benzene rings is 2. The number of thiazole rings is 1. The highest BCUT2D eigenvalue weighted by Gasteiger charge is 2.14. The molecule has 3 aromatic rings. The van der Waals surface area contributed by atoms with Crippen molar-refractivity contribution in [3.05, 3.63) is 76.0 Å². The van der Waals surface area contributed by atoms with Crippen LogP contribution in [0.2, 0.25) is 0 Å². The van der Waals surface area contributed by atoms with E-state index < -0.39 is 5.97 Å². The van der Waals surface area contributed by atoms with Gasteiger partial charge in [0.25, 0.3) is 0 Å².